The molecule has 1 aliphatic carbocycles. The van der Waals surface area contributed by atoms with Gasteiger partial charge < -0.3 is 10.4 Å². The van der Waals surface area contributed by atoms with Crippen LogP contribution < -0.4 is 5.32 Å². The Morgan fingerprint density at radius 2 is 2.17 bits per heavy atom. The number of aromatic nitrogens is 3. The number of fused-ring (bicyclic) bond motifs is 1. The number of aliphatic carboxylic acids is 1. The van der Waals surface area contributed by atoms with E-state index in [-0.39, 0.29) is 12.0 Å². The second-order valence-electron chi connectivity index (χ2n) is 6.82. The number of carbonyl (C=O) groups is 1. The smallest absolute Gasteiger partial charge is 0.303 e. The molecule has 0 saturated heterocycles. The van der Waals surface area contributed by atoms with Gasteiger partial charge in [0, 0.05) is 41.2 Å². The highest BCUT2D eigenvalue weighted by molar-refractivity contribution is 5.67. The van der Waals surface area contributed by atoms with Crippen molar-refractivity contribution in [2.24, 2.45) is 0 Å². The maximum absolute atomic E-state index is 10.9. The van der Waals surface area contributed by atoms with Crippen molar-refractivity contribution in [1.82, 2.24) is 15.0 Å². The monoisotopic (exact) mass is 326 g/mol. The Morgan fingerprint density at radius 3 is 2.88 bits per heavy atom. The predicted molar refractivity (Wildman–Crippen MR) is 91.9 cm³/mol. The van der Waals surface area contributed by atoms with E-state index in [0.29, 0.717) is 12.2 Å². The van der Waals surface area contributed by atoms with E-state index in [1.807, 2.05) is 26.0 Å². The van der Waals surface area contributed by atoms with Crippen molar-refractivity contribution in [3.05, 3.63) is 35.8 Å². The summed E-state index contributed by atoms with van der Waals surface area (Å²) in [5, 5.41) is 12.4. The zero-order chi connectivity index (χ0) is 17.2. The lowest BCUT2D eigenvalue weighted by Crippen LogP contribution is -2.32. The standard InChI is InChI=1S/C18H22N4O2/c1-18(2,9-8-15(23)24)22-17-13-6-3-7-14(13)20-16(21-17)12-5-4-10-19-11-12/h4-5,10-11H,3,6-9H2,1-2H3,(H,23,24)(H,20,21,22). The highest BCUT2D eigenvalue weighted by atomic mass is 16.4. The first-order chi connectivity index (χ1) is 11.4. The Morgan fingerprint density at radius 1 is 1.33 bits per heavy atom. The van der Waals surface area contributed by atoms with Gasteiger partial charge in [-0.15, -0.1) is 0 Å². The number of aryl methyl sites for hydroxylation is 1. The van der Waals surface area contributed by atoms with Gasteiger partial charge in [0.1, 0.15) is 5.82 Å². The van der Waals surface area contributed by atoms with Gasteiger partial charge in [-0.05, 0) is 51.7 Å². The molecular formula is C18H22N4O2. The molecule has 2 aromatic heterocycles. The second kappa shape index (κ2) is 6.55. The lowest BCUT2D eigenvalue weighted by molar-refractivity contribution is -0.137. The summed E-state index contributed by atoms with van der Waals surface area (Å²) in [4.78, 5) is 24.4. The summed E-state index contributed by atoms with van der Waals surface area (Å²) in [6.07, 6.45) is 7.13. The normalized spacial score (nSPS) is 13.6. The van der Waals surface area contributed by atoms with Gasteiger partial charge in [-0.3, -0.25) is 9.78 Å². The molecule has 0 amide bonds. The number of carboxylic acid groups (broad SMARTS) is 1. The van der Waals surface area contributed by atoms with E-state index in [0.717, 1.165) is 41.9 Å². The second-order valence-corrected chi connectivity index (χ2v) is 6.82. The van der Waals surface area contributed by atoms with Crippen molar-refractivity contribution in [1.29, 1.82) is 0 Å². The van der Waals surface area contributed by atoms with Crippen LogP contribution in [0.5, 0.6) is 0 Å². The lowest BCUT2D eigenvalue weighted by atomic mass is 9.98. The third-order valence-electron chi connectivity index (χ3n) is 4.27. The molecule has 2 aromatic rings. The molecule has 24 heavy (non-hydrogen) atoms. The van der Waals surface area contributed by atoms with Crippen molar-refractivity contribution in [2.75, 3.05) is 5.32 Å². The highest BCUT2D eigenvalue weighted by Gasteiger charge is 2.25. The first kappa shape index (κ1) is 16.4. The fourth-order valence-electron chi connectivity index (χ4n) is 2.96. The van der Waals surface area contributed by atoms with E-state index in [4.69, 9.17) is 15.1 Å². The number of rotatable bonds is 6. The van der Waals surface area contributed by atoms with Crippen LogP contribution in [0.25, 0.3) is 11.4 Å². The van der Waals surface area contributed by atoms with E-state index in [9.17, 15) is 4.79 Å². The first-order valence-corrected chi connectivity index (χ1v) is 8.25. The molecule has 2 N–H and O–H groups in total. The predicted octanol–water partition coefficient (Wildman–Crippen LogP) is 3.08. The molecule has 0 saturated carbocycles. The largest absolute Gasteiger partial charge is 0.481 e. The maximum atomic E-state index is 10.9. The quantitative estimate of drug-likeness (QED) is 0.848. The number of hydrogen-bond acceptors (Lipinski definition) is 5. The van der Waals surface area contributed by atoms with Crippen LogP contribution in [0.4, 0.5) is 5.82 Å². The van der Waals surface area contributed by atoms with Gasteiger partial charge in [-0.25, -0.2) is 9.97 Å². The number of nitrogens with zero attached hydrogens (tertiary/aromatic N) is 3. The van der Waals surface area contributed by atoms with Crippen LogP contribution in [-0.4, -0.2) is 31.6 Å². The minimum Gasteiger partial charge on any atom is -0.481 e. The zero-order valence-corrected chi connectivity index (χ0v) is 14.0. The summed E-state index contributed by atoms with van der Waals surface area (Å²) in [5.74, 6) is 0.709. The fraction of sp³-hybridized carbons (Fsp3) is 0.444. The van der Waals surface area contributed by atoms with Gasteiger partial charge in [-0.2, -0.15) is 0 Å². The minimum absolute atomic E-state index is 0.128. The Balaban J connectivity index is 1.92. The molecule has 3 rings (SSSR count). The molecule has 1 aliphatic rings. The average molecular weight is 326 g/mol. The van der Waals surface area contributed by atoms with Gasteiger partial charge in [0.2, 0.25) is 0 Å². The van der Waals surface area contributed by atoms with Crippen LogP contribution in [0.1, 0.15) is 44.4 Å². The van der Waals surface area contributed by atoms with Crippen LogP contribution in [0.15, 0.2) is 24.5 Å². The van der Waals surface area contributed by atoms with Gasteiger partial charge >= 0.3 is 5.97 Å². The van der Waals surface area contributed by atoms with Crippen molar-refractivity contribution in [3.8, 4) is 11.4 Å². The summed E-state index contributed by atoms with van der Waals surface area (Å²) in [6, 6.07) is 3.82. The minimum atomic E-state index is -0.783. The van der Waals surface area contributed by atoms with Crippen LogP contribution in [0.3, 0.4) is 0 Å². The molecule has 126 valence electrons. The number of nitrogens with one attached hydrogen (secondary N) is 1. The van der Waals surface area contributed by atoms with Crippen LogP contribution in [-0.2, 0) is 17.6 Å². The Labute approximate surface area is 141 Å². The van der Waals surface area contributed by atoms with Crippen LogP contribution >= 0.6 is 0 Å². The maximum Gasteiger partial charge on any atom is 0.303 e. The summed E-state index contributed by atoms with van der Waals surface area (Å²) in [7, 11) is 0. The third-order valence-corrected chi connectivity index (χ3v) is 4.27. The molecule has 0 aromatic carbocycles. The average Bonchev–Trinajstić information content (AvgIpc) is 3.02. The van der Waals surface area contributed by atoms with Crippen molar-refractivity contribution in [3.63, 3.8) is 0 Å². The third kappa shape index (κ3) is 3.69. The number of pyridine rings is 1. The van der Waals surface area contributed by atoms with E-state index < -0.39 is 5.97 Å². The first-order valence-electron chi connectivity index (χ1n) is 8.25. The van der Waals surface area contributed by atoms with Crippen molar-refractivity contribution >= 4 is 11.8 Å². The summed E-state index contributed by atoms with van der Waals surface area (Å²) in [6.45, 7) is 4.01. The summed E-state index contributed by atoms with van der Waals surface area (Å²) < 4.78 is 0. The number of hydrogen-bond donors (Lipinski definition) is 2. The molecule has 0 fully saturated rings. The van der Waals surface area contributed by atoms with Crippen molar-refractivity contribution in [2.45, 2.75) is 51.5 Å². The molecule has 0 radical (unpaired) electrons. The zero-order valence-electron chi connectivity index (χ0n) is 14.0. The van der Waals surface area contributed by atoms with E-state index in [2.05, 4.69) is 10.3 Å². The summed E-state index contributed by atoms with van der Waals surface area (Å²) >= 11 is 0. The fourth-order valence-corrected chi connectivity index (χ4v) is 2.96. The Bertz CT molecular complexity index is 744. The molecule has 0 spiro atoms. The molecule has 0 bridgehead atoms. The number of carboxylic acids is 1. The van der Waals surface area contributed by atoms with E-state index in [1.54, 1.807) is 12.4 Å². The van der Waals surface area contributed by atoms with Crippen LogP contribution in [0, 0.1) is 0 Å². The van der Waals surface area contributed by atoms with E-state index >= 15 is 0 Å². The van der Waals surface area contributed by atoms with Gasteiger partial charge in [0.05, 0.1) is 0 Å². The Kier molecular flexibility index (Phi) is 4.46. The molecule has 2 heterocycles. The molecule has 0 atom stereocenters. The summed E-state index contributed by atoms with van der Waals surface area (Å²) in [5.41, 5.74) is 2.78. The Hall–Kier alpha value is -2.50. The van der Waals surface area contributed by atoms with Gasteiger partial charge in [0.15, 0.2) is 5.82 Å². The number of anilines is 1. The van der Waals surface area contributed by atoms with Crippen molar-refractivity contribution < 1.29 is 9.90 Å². The molecular weight excluding hydrogens is 304 g/mol. The van der Waals surface area contributed by atoms with Crippen LogP contribution in [0.2, 0.25) is 0 Å². The topological polar surface area (TPSA) is 88.0 Å². The van der Waals surface area contributed by atoms with Gasteiger partial charge in [0.25, 0.3) is 0 Å². The van der Waals surface area contributed by atoms with E-state index in [1.165, 1.54) is 0 Å². The molecule has 6 heteroatoms. The lowest BCUT2D eigenvalue weighted by Gasteiger charge is -2.27. The SMILES string of the molecule is CC(C)(CCC(=O)O)Nc1nc(-c2cccnc2)nc2c1CCC2. The molecule has 6 nitrogen and oxygen atoms in total. The molecule has 0 aliphatic heterocycles. The van der Waals surface area contributed by atoms with Gasteiger partial charge in [-0.1, -0.05) is 0 Å². The highest BCUT2D eigenvalue weighted by Crippen LogP contribution is 2.31. The molecule has 0 unspecified atom stereocenters.